The van der Waals surface area contributed by atoms with Crippen LogP contribution >= 0.6 is 0 Å². The number of aliphatic hydroxyl groups excluding tert-OH is 2. The molecule has 5 aliphatic carbocycles. The van der Waals surface area contributed by atoms with Gasteiger partial charge in [-0.3, -0.25) is 14.4 Å². The van der Waals surface area contributed by atoms with Gasteiger partial charge in [-0.15, -0.1) is 0 Å². The number of hydrogen-bond donors (Lipinski definition) is 4. The molecule has 3 heterocycles. The molecule has 3 saturated heterocycles. The van der Waals surface area contributed by atoms with Crippen molar-refractivity contribution >= 4 is 23.9 Å². The summed E-state index contributed by atoms with van der Waals surface area (Å²) >= 11 is 0. The largest absolute Gasteiger partial charge is 0.511 e. The van der Waals surface area contributed by atoms with Crippen molar-refractivity contribution in [3.05, 3.63) is 11.3 Å². The first kappa shape index (κ1) is 35.3. The van der Waals surface area contributed by atoms with Gasteiger partial charge < -0.3 is 49.5 Å². The van der Waals surface area contributed by atoms with E-state index in [0.717, 1.165) is 0 Å². The minimum atomic E-state index is -2.12. The molecular formula is C37H51NO13. The number of hydrogen-bond acceptors (Lipinski definition) is 14. The summed E-state index contributed by atoms with van der Waals surface area (Å²) in [6, 6.07) is -0.981. The summed E-state index contributed by atoms with van der Waals surface area (Å²) in [4.78, 5) is 54.0. The van der Waals surface area contributed by atoms with Crippen LogP contribution in [0.1, 0.15) is 75.7 Å². The van der Waals surface area contributed by atoms with Crippen LogP contribution < -0.4 is 5.73 Å². The molecule has 0 aromatic rings. The lowest BCUT2D eigenvalue weighted by Gasteiger charge is -2.63. The van der Waals surface area contributed by atoms with Crippen LogP contribution in [0, 0.1) is 57.2 Å². The maximum atomic E-state index is 14.1. The van der Waals surface area contributed by atoms with Gasteiger partial charge in [0.25, 0.3) is 0 Å². The van der Waals surface area contributed by atoms with Crippen molar-refractivity contribution in [3.8, 4) is 0 Å². The molecular weight excluding hydrogens is 666 g/mol. The molecule has 19 atom stereocenters. The highest BCUT2D eigenvalue weighted by Crippen LogP contribution is 2.81. The molecule has 0 aromatic carbocycles. The van der Waals surface area contributed by atoms with Gasteiger partial charge in [0, 0.05) is 42.4 Å². The topological polar surface area (TPSA) is 217 Å². The number of aliphatic hydroxyl groups is 3. The van der Waals surface area contributed by atoms with E-state index in [4.69, 9.17) is 34.2 Å². The molecule has 3 aliphatic heterocycles. The highest BCUT2D eigenvalue weighted by atomic mass is 16.8. The smallest absolute Gasteiger partial charge is 0.341 e. The Balaban J connectivity index is 1.45. The summed E-state index contributed by atoms with van der Waals surface area (Å²) < 4.78 is 37.2. The van der Waals surface area contributed by atoms with Gasteiger partial charge in [-0.25, -0.2) is 4.79 Å². The molecule has 0 aromatic heterocycles. The summed E-state index contributed by atoms with van der Waals surface area (Å²) in [6.07, 6.45) is -5.76. The predicted molar refractivity (Wildman–Crippen MR) is 173 cm³/mol. The fourth-order valence-corrected chi connectivity index (χ4v) is 12.6. The molecule has 7 fully saturated rings. The van der Waals surface area contributed by atoms with E-state index in [-0.39, 0.29) is 11.9 Å². The lowest BCUT2D eigenvalue weighted by atomic mass is 9.43. The zero-order chi connectivity index (χ0) is 37.5. The second-order valence-electron chi connectivity index (χ2n) is 18.5. The first-order valence-corrected chi connectivity index (χ1v) is 18.1. The average molecular weight is 718 g/mol. The fourth-order valence-electron chi connectivity index (χ4n) is 12.6. The third-order valence-electron chi connectivity index (χ3n) is 15.1. The molecule has 0 bridgehead atoms. The number of nitrogens with two attached hydrogens (primary N) is 1. The van der Waals surface area contributed by atoms with Gasteiger partial charge in [0.1, 0.15) is 36.3 Å². The normalized spacial score (nSPS) is 55.7. The Kier molecular flexibility index (Phi) is 6.94. The third-order valence-corrected chi connectivity index (χ3v) is 15.1. The number of esters is 4. The first-order valence-electron chi connectivity index (χ1n) is 18.1. The summed E-state index contributed by atoms with van der Waals surface area (Å²) in [7, 11) is 0. The van der Waals surface area contributed by atoms with Crippen molar-refractivity contribution in [1.82, 2.24) is 0 Å². The molecule has 1 unspecified atom stereocenters. The SMILES string of the molecule is CC(=O)O[C@H]1C2C(=C(O)[C@@H](N)[C@H]3C[C@@H]4O[C@@H]4[C@H](O)[C@]23C)[C@@H]2[C@@H](OC(=O)C(C)(C)C)[C@@H]3[C@H]([C@H](C)[C@H]4O[C@]45OC(=O)[C@@](C)(O)[C@]35C)[C@@]2(C)[C@H]1OC(C)=O. The molecule has 14 nitrogen and oxygen atoms in total. The standard InChI is InChI=1S/C37H51NO13/c1-12-18-21(35(9)36(10,45)31(44)51-37(35)28(12)50-37)25(49-30(43)32(4,5)6)19-17-20(26(46-13(2)39)29(34(18,19)8)47-14(3)40)33(7)15(22(38)23(17)41)11-16-24(48-16)27(33)42/h12,15-16,18-22,24-29,41-42,45H,11,38H2,1-10H3/t12-,15+,16-,18-,19+,20?,21-,22-,24-,25+,26-,27-,28+,29-,33-,34+,35-,36+,37-/m0/s1. The molecule has 4 saturated carbocycles. The molecule has 8 aliphatic rings. The summed E-state index contributed by atoms with van der Waals surface area (Å²) in [5, 5.41) is 36.7. The van der Waals surface area contributed by atoms with Gasteiger partial charge in [0.2, 0.25) is 5.79 Å². The van der Waals surface area contributed by atoms with Crippen molar-refractivity contribution in [2.45, 2.75) is 136 Å². The van der Waals surface area contributed by atoms with Gasteiger partial charge in [0.05, 0.1) is 29.1 Å². The van der Waals surface area contributed by atoms with Crippen molar-refractivity contribution in [2.75, 3.05) is 0 Å². The van der Waals surface area contributed by atoms with Crippen LogP contribution in [-0.4, -0.2) is 99.4 Å². The number of fused-ring (bicyclic) bond motifs is 9. The molecule has 1 spiro atoms. The van der Waals surface area contributed by atoms with Gasteiger partial charge in [0.15, 0.2) is 5.60 Å². The summed E-state index contributed by atoms with van der Waals surface area (Å²) in [6.45, 7) is 16.3. The first-order chi connectivity index (χ1) is 23.4. The molecule has 0 amide bonds. The monoisotopic (exact) mass is 717 g/mol. The van der Waals surface area contributed by atoms with Crippen molar-refractivity contribution in [3.63, 3.8) is 0 Å². The molecule has 51 heavy (non-hydrogen) atoms. The van der Waals surface area contributed by atoms with Crippen LogP contribution in [0.5, 0.6) is 0 Å². The van der Waals surface area contributed by atoms with Crippen molar-refractivity contribution in [1.29, 1.82) is 0 Å². The van der Waals surface area contributed by atoms with Gasteiger partial charge in [-0.1, -0.05) is 20.8 Å². The molecule has 14 heteroatoms. The number of rotatable bonds is 3. The van der Waals surface area contributed by atoms with Crippen LogP contribution in [0.25, 0.3) is 0 Å². The lowest BCUT2D eigenvalue weighted by Crippen LogP contribution is -2.70. The molecule has 282 valence electrons. The highest BCUT2D eigenvalue weighted by Gasteiger charge is 2.93. The minimum absolute atomic E-state index is 0.182. The van der Waals surface area contributed by atoms with Crippen molar-refractivity contribution in [2.24, 2.45) is 62.9 Å². The number of carbonyl (C=O) groups is 4. The second kappa shape index (κ2) is 10.0. The maximum absolute atomic E-state index is 14.1. The Morgan fingerprint density at radius 2 is 1.55 bits per heavy atom. The Morgan fingerprint density at radius 3 is 2.14 bits per heavy atom. The zero-order valence-electron chi connectivity index (χ0n) is 30.8. The van der Waals surface area contributed by atoms with Crippen molar-refractivity contribution < 1.29 is 62.9 Å². The predicted octanol–water partition coefficient (Wildman–Crippen LogP) is 1.67. The van der Waals surface area contributed by atoms with Crippen LogP contribution in [0.2, 0.25) is 0 Å². The Morgan fingerprint density at radius 1 is 0.941 bits per heavy atom. The van der Waals surface area contributed by atoms with E-state index in [1.165, 1.54) is 20.8 Å². The summed E-state index contributed by atoms with van der Waals surface area (Å²) in [5.41, 5.74) is 0.154. The van der Waals surface area contributed by atoms with E-state index in [0.29, 0.717) is 12.0 Å². The second-order valence-corrected chi connectivity index (χ2v) is 18.5. The number of carbonyl (C=O) groups excluding carboxylic acids is 4. The maximum Gasteiger partial charge on any atom is 0.341 e. The quantitative estimate of drug-likeness (QED) is 0.186. The molecule has 0 radical (unpaired) electrons. The highest BCUT2D eigenvalue weighted by molar-refractivity contribution is 5.84. The summed E-state index contributed by atoms with van der Waals surface area (Å²) in [5.74, 6) is -8.98. The Labute approximate surface area is 296 Å². The van der Waals surface area contributed by atoms with Gasteiger partial charge in [-0.05, 0) is 64.4 Å². The van der Waals surface area contributed by atoms with Crippen LogP contribution in [0.3, 0.4) is 0 Å². The van der Waals surface area contributed by atoms with E-state index < -0.39 is 135 Å². The van der Waals surface area contributed by atoms with Crippen LogP contribution in [-0.2, 0) is 47.6 Å². The molecule has 8 rings (SSSR count). The van der Waals surface area contributed by atoms with Crippen LogP contribution in [0.4, 0.5) is 0 Å². The minimum Gasteiger partial charge on any atom is -0.511 e. The Bertz CT molecular complexity index is 1670. The zero-order valence-corrected chi connectivity index (χ0v) is 30.8. The lowest BCUT2D eigenvalue weighted by molar-refractivity contribution is -0.225. The van der Waals surface area contributed by atoms with Crippen LogP contribution in [0.15, 0.2) is 11.3 Å². The van der Waals surface area contributed by atoms with Gasteiger partial charge in [-0.2, -0.15) is 0 Å². The fraction of sp³-hybridized carbons (Fsp3) is 0.838. The number of epoxide rings is 2. The van der Waals surface area contributed by atoms with E-state index in [2.05, 4.69) is 0 Å². The van der Waals surface area contributed by atoms with E-state index in [1.54, 1.807) is 27.7 Å². The van der Waals surface area contributed by atoms with E-state index in [9.17, 15) is 34.5 Å². The Hall–Kier alpha value is -2.78. The van der Waals surface area contributed by atoms with E-state index in [1.807, 2.05) is 20.8 Å². The average Bonchev–Trinajstić information content (AvgIpc) is 3.92. The van der Waals surface area contributed by atoms with Gasteiger partial charge >= 0.3 is 23.9 Å². The molecule has 5 N–H and O–H groups in total. The number of ether oxygens (including phenoxy) is 6. The third kappa shape index (κ3) is 3.91. The van der Waals surface area contributed by atoms with E-state index >= 15 is 0 Å².